The first-order chi connectivity index (χ1) is 12.8. The lowest BCUT2D eigenvalue weighted by atomic mass is 10.2. The molecule has 1 fully saturated rings. The Balaban J connectivity index is 1.99. The molecule has 3 rings (SSSR count). The maximum atomic E-state index is 12.9. The topological polar surface area (TPSA) is 52.9 Å². The molecule has 0 unspecified atom stereocenters. The normalized spacial score (nSPS) is 17.6. The van der Waals surface area contributed by atoms with Crippen LogP contribution in [0.25, 0.3) is 6.08 Å². The molecule has 0 atom stereocenters. The summed E-state index contributed by atoms with van der Waals surface area (Å²) in [4.78, 5) is 20.0. The Kier molecular flexibility index (Phi) is 6.52. The van der Waals surface area contributed by atoms with Crippen molar-refractivity contribution in [3.8, 4) is 5.75 Å². The molecule has 0 saturated carbocycles. The minimum Gasteiger partial charge on any atom is -0.506 e. The van der Waals surface area contributed by atoms with Crippen molar-refractivity contribution in [1.82, 2.24) is 4.90 Å². The van der Waals surface area contributed by atoms with Gasteiger partial charge in [-0.05, 0) is 114 Å². The Hall–Kier alpha value is -1.07. The molecule has 1 heterocycles. The van der Waals surface area contributed by atoms with Gasteiger partial charge in [0.05, 0.1) is 17.7 Å². The molecule has 27 heavy (non-hydrogen) atoms. The molecule has 1 aliphatic rings. The fraction of sp³-hybridized carbons (Fsp3) is 0.200. The largest absolute Gasteiger partial charge is 0.506 e. The summed E-state index contributed by atoms with van der Waals surface area (Å²) in [5.41, 5.74) is 2.89. The van der Waals surface area contributed by atoms with E-state index in [0.29, 0.717) is 10.1 Å². The summed E-state index contributed by atoms with van der Waals surface area (Å²) in [7, 11) is 0. The molecular weight excluding hydrogens is 586 g/mol. The second-order valence-electron chi connectivity index (χ2n) is 6.44. The minimum atomic E-state index is -0.0426. The number of aliphatic imine (C=N–C) groups is 1. The molecule has 1 N–H and O–H groups in total. The van der Waals surface area contributed by atoms with Crippen molar-refractivity contribution in [2.45, 2.75) is 26.8 Å². The van der Waals surface area contributed by atoms with E-state index in [0.717, 1.165) is 18.4 Å². The molecule has 0 aliphatic carbocycles. The zero-order valence-corrected chi connectivity index (χ0v) is 20.2. The third kappa shape index (κ3) is 4.68. The fourth-order valence-corrected chi connectivity index (χ4v) is 5.51. The summed E-state index contributed by atoms with van der Waals surface area (Å²) in [6.45, 7) is 6.00. The van der Waals surface area contributed by atoms with Crippen LogP contribution in [0.1, 0.15) is 25.0 Å². The van der Waals surface area contributed by atoms with E-state index in [4.69, 9.17) is 4.99 Å². The van der Waals surface area contributed by atoms with Crippen molar-refractivity contribution in [3.63, 3.8) is 0 Å². The number of nitrogens with zero attached hydrogens (tertiary/aromatic N) is 2. The summed E-state index contributed by atoms with van der Waals surface area (Å²) >= 11 is 5.57. The predicted molar refractivity (Wildman–Crippen MR) is 129 cm³/mol. The van der Waals surface area contributed by atoms with Gasteiger partial charge in [-0.3, -0.25) is 9.69 Å². The second kappa shape index (κ2) is 8.52. The molecule has 4 nitrogen and oxygen atoms in total. The van der Waals surface area contributed by atoms with Crippen LogP contribution in [0.3, 0.4) is 0 Å². The summed E-state index contributed by atoms with van der Waals surface area (Å²) < 4.78 is 1.52. The Morgan fingerprint density at radius 3 is 2.30 bits per heavy atom. The number of hydrogen-bond donors (Lipinski definition) is 1. The summed E-state index contributed by atoms with van der Waals surface area (Å²) in [6.07, 6.45) is 1.86. The molecule has 0 bridgehead atoms. The van der Waals surface area contributed by atoms with E-state index in [1.54, 1.807) is 4.90 Å². The van der Waals surface area contributed by atoms with Crippen molar-refractivity contribution >= 4 is 79.8 Å². The summed E-state index contributed by atoms with van der Waals surface area (Å²) in [6, 6.07) is 11.7. The highest BCUT2D eigenvalue weighted by Crippen LogP contribution is 2.36. The van der Waals surface area contributed by atoms with E-state index in [9.17, 15) is 9.90 Å². The Morgan fingerprint density at radius 2 is 1.74 bits per heavy atom. The number of halogens is 2. The van der Waals surface area contributed by atoms with Gasteiger partial charge in [0.15, 0.2) is 5.17 Å². The minimum absolute atomic E-state index is 0.0141. The molecule has 1 aliphatic heterocycles. The average molecular weight is 604 g/mol. The van der Waals surface area contributed by atoms with Crippen molar-refractivity contribution in [1.29, 1.82) is 0 Å². The molecule has 2 aromatic carbocycles. The Morgan fingerprint density at radius 1 is 1.15 bits per heavy atom. The predicted octanol–water partition coefficient (Wildman–Crippen LogP) is 5.92. The molecule has 0 aromatic heterocycles. The first kappa shape index (κ1) is 20.7. The molecule has 1 amide bonds. The highest BCUT2D eigenvalue weighted by molar-refractivity contribution is 14.1. The number of benzene rings is 2. The molecule has 0 radical (unpaired) electrons. The lowest BCUT2D eigenvalue weighted by molar-refractivity contribution is -0.123. The van der Waals surface area contributed by atoms with E-state index >= 15 is 0 Å². The van der Waals surface area contributed by atoms with Crippen molar-refractivity contribution in [2.24, 2.45) is 4.99 Å². The quantitative estimate of drug-likeness (QED) is 0.350. The van der Waals surface area contributed by atoms with Crippen LogP contribution in [-0.2, 0) is 4.79 Å². The average Bonchev–Trinajstić information content (AvgIpc) is 2.90. The van der Waals surface area contributed by atoms with Crippen LogP contribution < -0.4 is 0 Å². The number of aryl methyl sites for hydroxylation is 1. The van der Waals surface area contributed by atoms with Gasteiger partial charge in [0.25, 0.3) is 5.91 Å². The van der Waals surface area contributed by atoms with Gasteiger partial charge in [0.1, 0.15) is 5.75 Å². The zero-order chi connectivity index (χ0) is 19.7. The fourth-order valence-electron chi connectivity index (χ4n) is 2.57. The van der Waals surface area contributed by atoms with Crippen molar-refractivity contribution in [2.75, 3.05) is 0 Å². The van der Waals surface area contributed by atoms with Gasteiger partial charge in [-0.1, -0.05) is 17.7 Å². The zero-order valence-electron chi connectivity index (χ0n) is 15.0. The maximum absolute atomic E-state index is 12.9. The molecule has 2 aromatic rings. The van der Waals surface area contributed by atoms with Crippen LogP contribution in [0.15, 0.2) is 46.3 Å². The number of aromatic hydroxyl groups is 1. The van der Waals surface area contributed by atoms with Crippen LogP contribution >= 0.6 is 56.9 Å². The van der Waals surface area contributed by atoms with Crippen molar-refractivity contribution in [3.05, 3.63) is 59.6 Å². The van der Waals surface area contributed by atoms with Gasteiger partial charge in [0, 0.05) is 6.04 Å². The van der Waals surface area contributed by atoms with Crippen LogP contribution in [-0.4, -0.2) is 27.1 Å². The summed E-state index contributed by atoms with van der Waals surface area (Å²) in [5.74, 6) is 0.230. The molecule has 0 spiro atoms. The van der Waals surface area contributed by atoms with Crippen LogP contribution in [0, 0.1) is 14.1 Å². The number of thioether (sulfide) groups is 1. The van der Waals surface area contributed by atoms with Gasteiger partial charge in [-0.25, -0.2) is 4.99 Å². The van der Waals surface area contributed by atoms with Crippen molar-refractivity contribution < 1.29 is 9.90 Å². The first-order valence-electron chi connectivity index (χ1n) is 8.32. The van der Waals surface area contributed by atoms with E-state index in [-0.39, 0.29) is 17.7 Å². The number of phenols is 1. The van der Waals surface area contributed by atoms with Crippen LogP contribution in [0.4, 0.5) is 5.69 Å². The van der Waals surface area contributed by atoms with Crippen LogP contribution in [0.2, 0.25) is 0 Å². The number of amides is 1. The van der Waals surface area contributed by atoms with Gasteiger partial charge in [-0.15, -0.1) is 0 Å². The standard InChI is InChI=1S/C20H18I2N2O2S/c1-11(2)24-19(26)17(10-13-8-15(21)18(25)16(22)9-13)27-20(24)23-14-6-4-12(3)5-7-14/h4-11,25H,1-3H3/b17-10+,23-20?. The van der Waals surface area contributed by atoms with Gasteiger partial charge < -0.3 is 5.11 Å². The first-order valence-corrected chi connectivity index (χ1v) is 11.3. The molecular formula is C20H18I2N2O2S. The lowest BCUT2D eigenvalue weighted by Crippen LogP contribution is -2.35. The number of phenolic OH excluding ortho intramolecular Hbond substituents is 1. The molecule has 7 heteroatoms. The van der Waals surface area contributed by atoms with E-state index in [2.05, 4.69) is 45.2 Å². The van der Waals surface area contributed by atoms with Crippen LogP contribution in [0.5, 0.6) is 5.75 Å². The molecule has 1 saturated heterocycles. The highest BCUT2D eigenvalue weighted by atomic mass is 127. The Bertz CT molecular complexity index is 930. The number of hydrogen-bond acceptors (Lipinski definition) is 4. The lowest BCUT2D eigenvalue weighted by Gasteiger charge is -2.19. The van der Waals surface area contributed by atoms with Gasteiger partial charge >= 0.3 is 0 Å². The maximum Gasteiger partial charge on any atom is 0.266 e. The molecule has 140 valence electrons. The number of carbonyl (C=O) groups is 1. The van der Waals surface area contributed by atoms with Gasteiger partial charge in [0.2, 0.25) is 0 Å². The highest BCUT2D eigenvalue weighted by Gasteiger charge is 2.35. The number of rotatable bonds is 3. The SMILES string of the molecule is Cc1ccc(N=C2S/C(=C/c3cc(I)c(O)c(I)c3)C(=O)N2C(C)C)cc1. The number of carbonyl (C=O) groups excluding carboxylic acids is 1. The Labute approximate surface area is 190 Å². The van der Waals surface area contributed by atoms with E-state index in [1.807, 2.05) is 63.2 Å². The van der Waals surface area contributed by atoms with Gasteiger partial charge in [-0.2, -0.15) is 0 Å². The van der Waals surface area contributed by atoms with E-state index in [1.165, 1.54) is 17.3 Å². The second-order valence-corrected chi connectivity index (χ2v) is 9.78. The third-order valence-corrected chi connectivity index (χ3v) is 6.58. The smallest absolute Gasteiger partial charge is 0.266 e. The third-order valence-electron chi connectivity index (χ3n) is 3.95. The number of amidine groups is 1. The van der Waals surface area contributed by atoms with E-state index < -0.39 is 0 Å². The summed E-state index contributed by atoms with van der Waals surface area (Å²) in [5, 5.41) is 10.6. The monoisotopic (exact) mass is 604 g/mol.